The number of aryl methyl sites for hydroxylation is 1. The molecule has 0 aromatic heterocycles. The molecule has 0 unspecified atom stereocenters. The number of hydrogen-bond donors (Lipinski definition) is 0. The van der Waals surface area contributed by atoms with Crippen molar-refractivity contribution in [1.82, 2.24) is 4.90 Å². The summed E-state index contributed by atoms with van der Waals surface area (Å²) in [6.07, 6.45) is 0.579. The fourth-order valence-corrected chi connectivity index (χ4v) is 3.33. The van der Waals surface area contributed by atoms with E-state index in [1.54, 1.807) is 27.0 Å². The zero-order chi connectivity index (χ0) is 17.6. The van der Waals surface area contributed by atoms with Crippen molar-refractivity contribution in [2.45, 2.75) is 32.7 Å². The average Bonchev–Trinajstić information content (AvgIpc) is 2.51. The first-order chi connectivity index (χ1) is 10.7. The second kappa shape index (κ2) is 8.29. The molecule has 1 amide bonds. The van der Waals surface area contributed by atoms with Crippen molar-refractivity contribution < 1.29 is 22.3 Å². The van der Waals surface area contributed by atoms with E-state index in [1.807, 2.05) is 0 Å². The van der Waals surface area contributed by atoms with Gasteiger partial charge in [-0.2, -0.15) is 0 Å². The van der Waals surface area contributed by atoms with Crippen molar-refractivity contribution in [1.29, 1.82) is 0 Å². The molecule has 0 saturated carbocycles. The zero-order valence-electron chi connectivity index (χ0n) is 14.0. The van der Waals surface area contributed by atoms with E-state index >= 15 is 0 Å². The first-order valence-electron chi connectivity index (χ1n) is 7.48. The molecule has 0 N–H and O–H groups in total. The third-order valence-electron chi connectivity index (χ3n) is 3.83. The SMILES string of the molecule is CCS(=O)(=O)C[C@H](C)N(C)C(=O)CCc1ccc(OC)c(F)c1. The van der Waals surface area contributed by atoms with E-state index in [4.69, 9.17) is 4.74 Å². The average molecular weight is 345 g/mol. The summed E-state index contributed by atoms with van der Waals surface area (Å²) in [4.78, 5) is 13.6. The van der Waals surface area contributed by atoms with Crippen LogP contribution in [0.5, 0.6) is 5.75 Å². The molecule has 0 aliphatic carbocycles. The highest BCUT2D eigenvalue weighted by atomic mass is 32.2. The smallest absolute Gasteiger partial charge is 0.222 e. The number of halogens is 1. The van der Waals surface area contributed by atoms with Gasteiger partial charge in [-0.15, -0.1) is 0 Å². The van der Waals surface area contributed by atoms with Crippen molar-refractivity contribution in [3.05, 3.63) is 29.6 Å². The van der Waals surface area contributed by atoms with Gasteiger partial charge in [-0.25, -0.2) is 12.8 Å². The molecule has 0 radical (unpaired) electrons. The Morgan fingerprint density at radius 1 is 1.39 bits per heavy atom. The minimum atomic E-state index is -3.14. The monoisotopic (exact) mass is 345 g/mol. The maximum Gasteiger partial charge on any atom is 0.222 e. The van der Waals surface area contributed by atoms with E-state index in [0.717, 1.165) is 0 Å². The highest BCUT2D eigenvalue weighted by molar-refractivity contribution is 7.91. The van der Waals surface area contributed by atoms with Crippen molar-refractivity contribution in [2.75, 3.05) is 25.7 Å². The molecular formula is C16H24FNO4S. The summed E-state index contributed by atoms with van der Waals surface area (Å²) < 4.78 is 41.7. The van der Waals surface area contributed by atoms with Gasteiger partial charge in [0.2, 0.25) is 5.91 Å². The maximum atomic E-state index is 13.6. The number of benzene rings is 1. The van der Waals surface area contributed by atoms with Gasteiger partial charge in [-0.05, 0) is 31.0 Å². The predicted molar refractivity (Wildman–Crippen MR) is 87.8 cm³/mol. The highest BCUT2D eigenvalue weighted by Crippen LogP contribution is 2.18. The molecule has 1 aromatic rings. The molecule has 7 heteroatoms. The Morgan fingerprint density at radius 3 is 2.57 bits per heavy atom. The molecule has 1 atom stereocenters. The van der Waals surface area contributed by atoms with Crippen molar-refractivity contribution >= 4 is 15.7 Å². The van der Waals surface area contributed by atoms with Crippen molar-refractivity contribution in [3.63, 3.8) is 0 Å². The Kier molecular flexibility index (Phi) is 7.00. The molecule has 130 valence electrons. The zero-order valence-corrected chi connectivity index (χ0v) is 14.8. The molecule has 1 rings (SSSR count). The standard InChI is InChI=1S/C16H24FNO4S/c1-5-23(20,21)11-12(2)18(3)16(19)9-7-13-6-8-15(22-4)14(17)10-13/h6,8,10,12H,5,7,9,11H2,1-4H3/t12-/m0/s1. The van der Waals surface area contributed by atoms with E-state index in [1.165, 1.54) is 24.1 Å². The van der Waals surface area contributed by atoms with E-state index in [9.17, 15) is 17.6 Å². The second-order valence-corrected chi connectivity index (χ2v) is 7.92. The molecule has 0 heterocycles. The van der Waals surface area contributed by atoms with E-state index in [0.29, 0.717) is 12.0 Å². The van der Waals surface area contributed by atoms with Crippen LogP contribution in [0.1, 0.15) is 25.8 Å². The molecule has 5 nitrogen and oxygen atoms in total. The number of sulfone groups is 1. The Labute approximate surface area is 137 Å². The fraction of sp³-hybridized carbons (Fsp3) is 0.562. The third kappa shape index (κ3) is 5.82. The quantitative estimate of drug-likeness (QED) is 0.723. The van der Waals surface area contributed by atoms with E-state index in [-0.39, 0.29) is 35.6 Å². The van der Waals surface area contributed by atoms with Crippen molar-refractivity contribution in [3.8, 4) is 5.75 Å². The number of ether oxygens (including phenoxy) is 1. The summed E-state index contributed by atoms with van der Waals surface area (Å²) in [5.74, 6) is -0.461. The molecule has 0 bridgehead atoms. The number of methoxy groups -OCH3 is 1. The summed E-state index contributed by atoms with van der Waals surface area (Å²) in [6, 6.07) is 4.19. The fourth-order valence-electron chi connectivity index (χ4n) is 2.14. The topological polar surface area (TPSA) is 63.7 Å². The van der Waals surface area contributed by atoms with Crippen LogP contribution in [0.3, 0.4) is 0 Å². The molecule has 0 saturated heterocycles. The molecule has 0 aliphatic rings. The Hall–Kier alpha value is -1.63. The second-order valence-electron chi connectivity index (χ2n) is 5.52. The van der Waals surface area contributed by atoms with Gasteiger partial charge in [-0.3, -0.25) is 4.79 Å². The summed E-state index contributed by atoms with van der Waals surface area (Å²) in [7, 11) is -0.154. The minimum Gasteiger partial charge on any atom is -0.494 e. The first kappa shape index (κ1) is 19.4. The van der Waals surface area contributed by atoms with Gasteiger partial charge < -0.3 is 9.64 Å². The Morgan fingerprint density at radius 2 is 2.04 bits per heavy atom. The summed E-state index contributed by atoms with van der Waals surface area (Å²) in [5.41, 5.74) is 0.693. The number of nitrogens with zero attached hydrogens (tertiary/aromatic N) is 1. The molecule has 23 heavy (non-hydrogen) atoms. The predicted octanol–water partition coefficient (Wildman–Crippen LogP) is 2.05. The Bertz CT molecular complexity index is 645. The lowest BCUT2D eigenvalue weighted by Crippen LogP contribution is -2.39. The van der Waals surface area contributed by atoms with Gasteiger partial charge in [0.15, 0.2) is 21.4 Å². The largest absolute Gasteiger partial charge is 0.494 e. The lowest BCUT2D eigenvalue weighted by molar-refractivity contribution is -0.131. The molecule has 1 aromatic carbocycles. The van der Waals surface area contributed by atoms with Crippen LogP contribution in [0.4, 0.5) is 4.39 Å². The van der Waals surface area contributed by atoms with Gasteiger partial charge in [0.05, 0.1) is 12.9 Å². The van der Waals surface area contributed by atoms with Crippen LogP contribution in [0.2, 0.25) is 0 Å². The molecular weight excluding hydrogens is 321 g/mol. The van der Waals surface area contributed by atoms with Crippen LogP contribution >= 0.6 is 0 Å². The van der Waals surface area contributed by atoms with E-state index < -0.39 is 15.7 Å². The summed E-state index contributed by atoms with van der Waals surface area (Å²) >= 11 is 0. The van der Waals surface area contributed by atoms with Crippen LogP contribution in [0, 0.1) is 5.82 Å². The summed E-state index contributed by atoms with van der Waals surface area (Å²) in [5, 5.41) is 0. The molecule has 0 spiro atoms. The normalized spacial score (nSPS) is 12.7. The van der Waals surface area contributed by atoms with Crippen LogP contribution in [0.15, 0.2) is 18.2 Å². The van der Waals surface area contributed by atoms with Gasteiger partial charge >= 0.3 is 0 Å². The van der Waals surface area contributed by atoms with Gasteiger partial charge in [0, 0.05) is 25.3 Å². The van der Waals surface area contributed by atoms with Crippen LogP contribution in [0.25, 0.3) is 0 Å². The third-order valence-corrected chi connectivity index (χ3v) is 5.70. The first-order valence-corrected chi connectivity index (χ1v) is 9.30. The van der Waals surface area contributed by atoms with Crippen molar-refractivity contribution in [2.24, 2.45) is 0 Å². The highest BCUT2D eigenvalue weighted by Gasteiger charge is 2.21. The number of hydrogen-bond acceptors (Lipinski definition) is 4. The van der Waals surface area contributed by atoms with Crippen LogP contribution in [-0.4, -0.2) is 50.9 Å². The van der Waals surface area contributed by atoms with Crippen LogP contribution in [-0.2, 0) is 21.1 Å². The van der Waals surface area contributed by atoms with Crippen LogP contribution < -0.4 is 4.74 Å². The lowest BCUT2D eigenvalue weighted by Gasteiger charge is -2.24. The Balaban J connectivity index is 2.60. The van der Waals surface area contributed by atoms with Gasteiger partial charge in [-0.1, -0.05) is 13.0 Å². The summed E-state index contributed by atoms with van der Waals surface area (Å²) in [6.45, 7) is 3.29. The maximum absolute atomic E-state index is 13.6. The minimum absolute atomic E-state index is 0.0527. The van der Waals surface area contributed by atoms with Gasteiger partial charge in [0.1, 0.15) is 0 Å². The lowest BCUT2D eigenvalue weighted by atomic mass is 10.1. The number of rotatable bonds is 8. The molecule has 0 aliphatic heterocycles. The van der Waals surface area contributed by atoms with Gasteiger partial charge in [0.25, 0.3) is 0 Å². The number of amides is 1. The number of carbonyl (C=O) groups is 1. The number of carbonyl (C=O) groups excluding carboxylic acids is 1. The molecule has 0 fully saturated rings. The van der Waals surface area contributed by atoms with E-state index in [2.05, 4.69) is 0 Å².